The molecule has 0 aliphatic carbocycles. The lowest BCUT2D eigenvalue weighted by molar-refractivity contribution is 1.14. The number of aryl methyl sites for hydroxylation is 1. The molecule has 0 radical (unpaired) electrons. The normalized spacial score (nSPS) is 9.83. The van der Waals surface area contributed by atoms with Crippen molar-refractivity contribution in [2.45, 2.75) is 6.92 Å². The number of para-hydroxylation sites is 1. The van der Waals surface area contributed by atoms with E-state index in [1.54, 1.807) is 12.3 Å². The van der Waals surface area contributed by atoms with Crippen molar-refractivity contribution in [2.75, 3.05) is 17.2 Å². The van der Waals surface area contributed by atoms with Gasteiger partial charge in [-0.15, -0.1) is 6.58 Å². The van der Waals surface area contributed by atoms with Crippen LogP contribution in [0, 0.1) is 6.92 Å². The smallest absolute Gasteiger partial charge is 0.229 e. The van der Waals surface area contributed by atoms with Crippen LogP contribution in [-0.2, 0) is 0 Å². The molecule has 0 atom stereocenters. The van der Waals surface area contributed by atoms with E-state index in [1.165, 1.54) is 0 Å². The first-order valence-corrected chi connectivity index (χ1v) is 5.80. The Labute approximate surface area is 107 Å². The first-order valence-electron chi connectivity index (χ1n) is 5.80. The summed E-state index contributed by atoms with van der Waals surface area (Å²) in [6.07, 6.45) is 3.51. The quantitative estimate of drug-likeness (QED) is 0.788. The van der Waals surface area contributed by atoms with Crippen molar-refractivity contribution in [1.29, 1.82) is 0 Å². The Morgan fingerprint density at radius 3 is 2.89 bits per heavy atom. The van der Waals surface area contributed by atoms with Crippen LogP contribution in [0.1, 0.15) is 5.56 Å². The van der Waals surface area contributed by atoms with Crippen molar-refractivity contribution in [1.82, 2.24) is 9.97 Å². The number of nitrogens with zero attached hydrogens (tertiary/aromatic N) is 2. The van der Waals surface area contributed by atoms with E-state index in [9.17, 15) is 0 Å². The average molecular weight is 240 g/mol. The van der Waals surface area contributed by atoms with Gasteiger partial charge < -0.3 is 10.6 Å². The summed E-state index contributed by atoms with van der Waals surface area (Å²) in [4.78, 5) is 8.56. The molecule has 0 fully saturated rings. The molecule has 2 rings (SSSR count). The molecule has 1 aromatic heterocycles. The fraction of sp³-hybridized carbons (Fsp3) is 0.143. The maximum Gasteiger partial charge on any atom is 0.229 e. The summed E-state index contributed by atoms with van der Waals surface area (Å²) in [5, 5.41) is 6.33. The van der Waals surface area contributed by atoms with Gasteiger partial charge in [0.25, 0.3) is 0 Å². The second-order valence-electron chi connectivity index (χ2n) is 3.87. The van der Waals surface area contributed by atoms with E-state index in [4.69, 9.17) is 0 Å². The lowest BCUT2D eigenvalue weighted by atomic mass is 10.2. The van der Waals surface area contributed by atoms with Gasteiger partial charge in [0.2, 0.25) is 5.95 Å². The van der Waals surface area contributed by atoms with Crippen molar-refractivity contribution in [3.63, 3.8) is 0 Å². The van der Waals surface area contributed by atoms with Gasteiger partial charge >= 0.3 is 0 Å². The van der Waals surface area contributed by atoms with Crippen molar-refractivity contribution in [3.8, 4) is 0 Å². The van der Waals surface area contributed by atoms with Gasteiger partial charge in [0.1, 0.15) is 5.82 Å². The minimum absolute atomic E-state index is 0.582. The van der Waals surface area contributed by atoms with Gasteiger partial charge in [-0.05, 0) is 24.6 Å². The Kier molecular flexibility index (Phi) is 3.91. The molecule has 2 aromatic rings. The first-order chi connectivity index (χ1) is 8.79. The molecule has 1 heterocycles. The van der Waals surface area contributed by atoms with Gasteiger partial charge in [-0.1, -0.05) is 24.3 Å². The van der Waals surface area contributed by atoms with E-state index in [0.717, 1.165) is 17.1 Å². The van der Waals surface area contributed by atoms with Crippen LogP contribution in [0.2, 0.25) is 0 Å². The number of rotatable bonds is 5. The molecule has 0 saturated carbocycles. The van der Waals surface area contributed by atoms with Gasteiger partial charge in [0, 0.05) is 18.4 Å². The maximum atomic E-state index is 4.37. The fourth-order valence-corrected chi connectivity index (χ4v) is 1.53. The second kappa shape index (κ2) is 5.82. The van der Waals surface area contributed by atoms with E-state index in [2.05, 4.69) is 27.2 Å². The highest BCUT2D eigenvalue weighted by Crippen LogP contribution is 2.17. The van der Waals surface area contributed by atoms with Crippen LogP contribution in [0.4, 0.5) is 17.5 Å². The molecular formula is C14H16N4. The van der Waals surface area contributed by atoms with Gasteiger partial charge in [-0.3, -0.25) is 0 Å². The Bertz CT molecular complexity index is 537. The van der Waals surface area contributed by atoms with Crippen molar-refractivity contribution in [3.05, 3.63) is 54.7 Å². The van der Waals surface area contributed by atoms with E-state index >= 15 is 0 Å². The van der Waals surface area contributed by atoms with Gasteiger partial charge in [-0.25, -0.2) is 4.98 Å². The summed E-state index contributed by atoms with van der Waals surface area (Å²) in [7, 11) is 0. The van der Waals surface area contributed by atoms with Crippen LogP contribution in [0.15, 0.2) is 49.2 Å². The molecule has 0 bridgehead atoms. The van der Waals surface area contributed by atoms with Crippen molar-refractivity contribution in [2.24, 2.45) is 0 Å². The lowest BCUT2D eigenvalue weighted by Gasteiger charge is -2.09. The number of nitrogens with one attached hydrogen (secondary N) is 2. The molecule has 4 nitrogen and oxygen atoms in total. The second-order valence-corrected chi connectivity index (χ2v) is 3.87. The molecule has 18 heavy (non-hydrogen) atoms. The van der Waals surface area contributed by atoms with Crippen LogP contribution in [-0.4, -0.2) is 16.5 Å². The van der Waals surface area contributed by atoms with Crippen molar-refractivity contribution >= 4 is 17.5 Å². The highest BCUT2D eigenvalue weighted by molar-refractivity contribution is 5.58. The van der Waals surface area contributed by atoms with Crippen LogP contribution in [0.25, 0.3) is 0 Å². The Hall–Kier alpha value is -2.36. The monoisotopic (exact) mass is 240 g/mol. The third kappa shape index (κ3) is 3.07. The van der Waals surface area contributed by atoms with Gasteiger partial charge in [0.05, 0.1) is 0 Å². The molecule has 0 aliphatic heterocycles. The summed E-state index contributed by atoms with van der Waals surface area (Å²) >= 11 is 0. The molecule has 2 N–H and O–H groups in total. The van der Waals surface area contributed by atoms with Gasteiger partial charge in [-0.2, -0.15) is 4.98 Å². The largest absolute Gasteiger partial charge is 0.366 e. The third-order valence-corrected chi connectivity index (χ3v) is 2.47. The minimum Gasteiger partial charge on any atom is -0.366 e. The maximum absolute atomic E-state index is 4.37. The zero-order valence-electron chi connectivity index (χ0n) is 10.4. The van der Waals surface area contributed by atoms with E-state index in [0.29, 0.717) is 12.5 Å². The highest BCUT2D eigenvalue weighted by atomic mass is 15.1. The number of hydrogen-bond acceptors (Lipinski definition) is 4. The first kappa shape index (κ1) is 12.1. The number of anilines is 3. The minimum atomic E-state index is 0.582. The summed E-state index contributed by atoms with van der Waals surface area (Å²) in [6.45, 7) is 6.38. The molecule has 0 aliphatic rings. The Morgan fingerprint density at radius 2 is 2.11 bits per heavy atom. The van der Waals surface area contributed by atoms with E-state index in [-0.39, 0.29) is 0 Å². The topological polar surface area (TPSA) is 49.8 Å². The van der Waals surface area contributed by atoms with Crippen LogP contribution < -0.4 is 10.6 Å². The predicted molar refractivity (Wildman–Crippen MR) is 75.2 cm³/mol. The third-order valence-electron chi connectivity index (χ3n) is 2.47. The molecule has 0 spiro atoms. The molecule has 0 unspecified atom stereocenters. The zero-order valence-corrected chi connectivity index (χ0v) is 10.4. The molecule has 4 heteroatoms. The standard InChI is InChI=1S/C14H16N4/c1-3-9-15-13-8-10-16-14(18-13)17-12-7-5-4-6-11(12)2/h3-8,10H,1,9H2,2H3,(H2,15,16,17,18). The Balaban J connectivity index is 2.14. The summed E-state index contributed by atoms with van der Waals surface area (Å²) in [5.41, 5.74) is 2.17. The molecule has 92 valence electrons. The van der Waals surface area contributed by atoms with E-state index in [1.807, 2.05) is 37.3 Å². The molecular weight excluding hydrogens is 224 g/mol. The average Bonchev–Trinajstić information content (AvgIpc) is 2.40. The Morgan fingerprint density at radius 1 is 1.28 bits per heavy atom. The van der Waals surface area contributed by atoms with E-state index < -0.39 is 0 Å². The van der Waals surface area contributed by atoms with Crippen molar-refractivity contribution < 1.29 is 0 Å². The number of aromatic nitrogens is 2. The van der Waals surface area contributed by atoms with Crippen LogP contribution >= 0.6 is 0 Å². The lowest BCUT2D eigenvalue weighted by Crippen LogP contribution is -2.04. The number of hydrogen-bond donors (Lipinski definition) is 2. The molecule has 0 amide bonds. The summed E-state index contributed by atoms with van der Waals surface area (Å²) in [5.74, 6) is 1.36. The van der Waals surface area contributed by atoms with Gasteiger partial charge in [0.15, 0.2) is 0 Å². The SMILES string of the molecule is C=CCNc1ccnc(Nc2ccccc2C)n1. The zero-order chi connectivity index (χ0) is 12.8. The molecule has 0 saturated heterocycles. The number of benzene rings is 1. The summed E-state index contributed by atoms with van der Waals surface area (Å²) < 4.78 is 0. The fourth-order valence-electron chi connectivity index (χ4n) is 1.53. The molecule has 1 aromatic carbocycles. The predicted octanol–water partition coefficient (Wildman–Crippen LogP) is 3.13. The highest BCUT2D eigenvalue weighted by Gasteiger charge is 2.01. The van der Waals surface area contributed by atoms with Crippen LogP contribution in [0.3, 0.4) is 0 Å². The van der Waals surface area contributed by atoms with Crippen LogP contribution in [0.5, 0.6) is 0 Å². The summed E-state index contributed by atoms with van der Waals surface area (Å²) in [6, 6.07) is 9.86.